The first-order valence-electron chi connectivity index (χ1n) is 11.2. The van der Waals surface area contributed by atoms with E-state index in [4.69, 9.17) is 27.9 Å². The van der Waals surface area contributed by atoms with Crippen molar-refractivity contribution in [3.8, 4) is 5.75 Å². The minimum absolute atomic E-state index is 0.0287. The molecule has 1 heterocycles. The summed E-state index contributed by atoms with van der Waals surface area (Å²) in [5, 5.41) is 2.17. The van der Waals surface area contributed by atoms with Gasteiger partial charge in [0, 0.05) is 20.2 Å². The fourth-order valence-electron chi connectivity index (χ4n) is 5.61. The standard InChI is InChI=1S/C25H20Br2Cl2N2O5/c1-36-13-5-2-11(3-6-13)18(32)10-30(23(33)14-7-4-12(28)8-17(14)29)31-24(34)19-15-9-16(20(19)25(31)35)22(27)21(15)26/h2-8,15-16,19-22H,9-10H2,1H3/t15-,16-,19-,20-,21-,22+/m1/s1. The SMILES string of the molecule is COc1ccc(C(=O)CN(C(=O)c2ccc(Cl)cc2Cl)N2C(=O)[C@@H]3[C@H]4C[C@@H]([C@@H](Br)[C@H]4Br)[C@H]3C2=O)cc1. The molecule has 3 fully saturated rings. The Morgan fingerprint density at radius 1 is 1.00 bits per heavy atom. The predicted molar refractivity (Wildman–Crippen MR) is 141 cm³/mol. The number of methoxy groups -OCH3 is 1. The highest BCUT2D eigenvalue weighted by Crippen LogP contribution is 2.60. The molecule has 7 nitrogen and oxygen atoms in total. The van der Waals surface area contributed by atoms with Crippen LogP contribution >= 0.6 is 55.1 Å². The normalized spacial score (nSPS) is 28.4. The highest BCUT2D eigenvalue weighted by atomic mass is 79.9. The minimum Gasteiger partial charge on any atom is -0.497 e. The lowest BCUT2D eigenvalue weighted by Gasteiger charge is -2.31. The zero-order valence-corrected chi connectivity index (χ0v) is 23.6. The predicted octanol–water partition coefficient (Wildman–Crippen LogP) is 5.02. The van der Waals surface area contributed by atoms with Crippen LogP contribution in [0.15, 0.2) is 42.5 Å². The summed E-state index contributed by atoms with van der Waals surface area (Å²) in [6, 6.07) is 10.7. The van der Waals surface area contributed by atoms with Crippen molar-refractivity contribution in [2.75, 3.05) is 13.7 Å². The Hall–Kier alpha value is -1.94. The maximum Gasteiger partial charge on any atom is 0.274 e. The van der Waals surface area contributed by atoms with Crippen LogP contribution in [0.5, 0.6) is 5.75 Å². The highest BCUT2D eigenvalue weighted by Gasteiger charge is 2.67. The van der Waals surface area contributed by atoms with E-state index in [-0.39, 0.29) is 32.1 Å². The van der Waals surface area contributed by atoms with Crippen LogP contribution in [0, 0.1) is 23.7 Å². The summed E-state index contributed by atoms with van der Waals surface area (Å²) in [7, 11) is 1.51. The molecule has 1 saturated heterocycles. The van der Waals surface area contributed by atoms with Gasteiger partial charge in [0.1, 0.15) is 12.3 Å². The van der Waals surface area contributed by atoms with E-state index in [1.807, 2.05) is 0 Å². The quantitative estimate of drug-likeness (QED) is 0.247. The first-order valence-corrected chi connectivity index (χ1v) is 13.8. The maximum absolute atomic E-state index is 13.7. The van der Waals surface area contributed by atoms with Gasteiger partial charge in [-0.15, -0.1) is 0 Å². The zero-order chi connectivity index (χ0) is 25.9. The zero-order valence-electron chi connectivity index (χ0n) is 18.9. The molecular formula is C25H20Br2Cl2N2O5. The number of fused-ring (bicyclic) bond motifs is 5. The number of rotatable bonds is 6. The molecule has 0 spiro atoms. The number of ketones is 1. The van der Waals surface area contributed by atoms with Gasteiger partial charge < -0.3 is 4.74 Å². The lowest BCUT2D eigenvalue weighted by atomic mass is 9.81. The van der Waals surface area contributed by atoms with Gasteiger partial charge in [-0.25, -0.2) is 5.01 Å². The van der Waals surface area contributed by atoms with Crippen molar-refractivity contribution in [1.82, 2.24) is 10.0 Å². The number of alkyl halides is 2. The molecule has 0 N–H and O–H groups in total. The number of carbonyl (C=O) groups is 4. The topological polar surface area (TPSA) is 84.0 Å². The molecule has 2 aliphatic carbocycles. The van der Waals surface area contributed by atoms with Gasteiger partial charge in [-0.3, -0.25) is 19.2 Å². The van der Waals surface area contributed by atoms with Crippen LogP contribution in [0.2, 0.25) is 10.0 Å². The summed E-state index contributed by atoms with van der Waals surface area (Å²) < 4.78 is 5.14. The van der Waals surface area contributed by atoms with Crippen LogP contribution < -0.4 is 4.74 Å². The molecule has 0 radical (unpaired) electrons. The first kappa shape index (κ1) is 25.7. The summed E-state index contributed by atoms with van der Waals surface area (Å²) >= 11 is 19.6. The van der Waals surface area contributed by atoms with E-state index in [9.17, 15) is 19.2 Å². The summed E-state index contributed by atoms with van der Waals surface area (Å²) in [6.07, 6.45) is 0.744. The Kier molecular flexibility index (Phi) is 6.95. The third-order valence-corrected chi connectivity index (χ3v) is 11.1. The second-order valence-corrected chi connectivity index (χ2v) is 12.1. The van der Waals surface area contributed by atoms with E-state index in [0.717, 1.165) is 16.4 Å². The monoisotopic (exact) mass is 656 g/mol. The van der Waals surface area contributed by atoms with Crippen LogP contribution in [0.4, 0.5) is 0 Å². The van der Waals surface area contributed by atoms with E-state index in [1.54, 1.807) is 24.3 Å². The number of hydrazine groups is 1. The van der Waals surface area contributed by atoms with Gasteiger partial charge >= 0.3 is 0 Å². The molecule has 1 aliphatic heterocycles. The van der Waals surface area contributed by atoms with E-state index < -0.39 is 41.9 Å². The van der Waals surface area contributed by atoms with Crippen molar-refractivity contribution in [1.29, 1.82) is 0 Å². The molecule has 0 aromatic heterocycles. The van der Waals surface area contributed by atoms with Crippen molar-refractivity contribution < 1.29 is 23.9 Å². The third-order valence-electron chi connectivity index (χ3n) is 7.31. The number of amides is 3. The second-order valence-electron chi connectivity index (χ2n) is 9.13. The average molecular weight is 659 g/mol. The molecule has 36 heavy (non-hydrogen) atoms. The lowest BCUT2D eigenvalue weighted by molar-refractivity contribution is -0.154. The molecule has 6 atom stereocenters. The minimum atomic E-state index is -0.738. The molecule has 3 aliphatic rings. The van der Waals surface area contributed by atoms with Crippen molar-refractivity contribution in [3.63, 3.8) is 0 Å². The lowest BCUT2D eigenvalue weighted by Crippen LogP contribution is -2.52. The number of benzene rings is 2. The van der Waals surface area contributed by atoms with E-state index in [2.05, 4.69) is 31.9 Å². The van der Waals surface area contributed by atoms with E-state index in [0.29, 0.717) is 16.3 Å². The van der Waals surface area contributed by atoms with Gasteiger partial charge in [0.15, 0.2) is 5.78 Å². The van der Waals surface area contributed by atoms with Gasteiger partial charge in [0.25, 0.3) is 17.7 Å². The highest BCUT2D eigenvalue weighted by molar-refractivity contribution is 9.12. The number of nitrogens with zero attached hydrogens (tertiary/aromatic N) is 2. The molecule has 3 amide bonds. The molecule has 11 heteroatoms. The first-order chi connectivity index (χ1) is 17.1. The van der Waals surface area contributed by atoms with Crippen molar-refractivity contribution in [2.45, 2.75) is 16.1 Å². The van der Waals surface area contributed by atoms with Gasteiger partial charge in [0.2, 0.25) is 0 Å². The smallest absolute Gasteiger partial charge is 0.274 e. The van der Waals surface area contributed by atoms with Crippen molar-refractivity contribution >= 4 is 78.6 Å². The van der Waals surface area contributed by atoms with Gasteiger partial charge in [-0.05, 0) is 60.7 Å². The van der Waals surface area contributed by atoms with Gasteiger partial charge in [-0.2, -0.15) is 5.01 Å². The third kappa shape index (κ3) is 4.08. The van der Waals surface area contributed by atoms with Crippen LogP contribution in [0.25, 0.3) is 0 Å². The number of hydrogen-bond acceptors (Lipinski definition) is 5. The van der Waals surface area contributed by atoms with Crippen LogP contribution in [-0.2, 0) is 9.59 Å². The Morgan fingerprint density at radius 2 is 1.58 bits per heavy atom. The fourth-order valence-corrected chi connectivity index (χ4v) is 7.97. The number of Topliss-reactive ketones (excluding diaryl/α,β-unsaturated/α-hetero) is 1. The second kappa shape index (κ2) is 9.74. The van der Waals surface area contributed by atoms with Gasteiger partial charge in [0.05, 0.1) is 29.5 Å². The Bertz CT molecular complexity index is 1240. The number of imide groups is 1. The summed E-state index contributed by atoms with van der Waals surface area (Å²) in [5.74, 6) is -2.75. The van der Waals surface area contributed by atoms with Crippen LogP contribution in [0.1, 0.15) is 27.1 Å². The van der Waals surface area contributed by atoms with Crippen LogP contribution in [0.3, 0.4) is 0 Å². The maximum atomic E-state index is 13.7. The van der Waals surface area contributed by atoms with Crippen molar-refractivity contribution in [2.24, 2.45) is 23.7 Å². The Labute approximate surface area is 234 Å². The molecule has 5 rings (SSSR count). The molecule has 2 aromatic rings. The average Bonchev–Trinajstić information content (AvgIpc) is 3.47. The molecule has 2 aromatic carbocycles. The molecular weight excluding hydrogens is 639 g/mol. The molecule has 2 saturated carbocycles. The van der Waals surface area contributed by atoms with E-state index >= 15 is 0 Å². The Balaban J connectivity index is 1.51. The van der Waals surface area contributed by atoms with E-state index in [1.165, 1.54) is 25.3 Å². The van der Waals surface area contributed by atoms with Crippen LogP contribution in [-0.4, -0.2) is 56.8 Å². The van der Waals surface area contributed by atoms with Crippen molar-refractivity contribution in [3.05, 3.63) is 63.6 Å². The molecule has 188 valence electrons. The Morgan fingerprint density at radius 3 is 2.11 bits per heavy atom. The molecule has 0 unspecified atom stereocenters. The summed E-state index contributed by atoms with van der Waals surface area (Å²) in [5.41, 5.74) is 0.331. The largest absolute Gasteiger partial charge is 0.497 e. The summed E-state index contributed by atoms with van der Waals surface area (Å²) in [4.78, 5) is 54.3. The number of halogens is 4. The summed E-state index contributed by atoms with van der Waals surface area (Å²) in [6.45, 7) is -0.522. The number of ether oxygens (including phenoxy) is 1. The fraction of sp³-hybridized carbons (Fsp3) is 0.360. The number of hydrogen-bond donors (Lipinski definition) is 0. The molecule has 2 bridgehead atoms. The number of carbonyl (C=O) groups excluding carboxylic acids is 4. The van der Waals surface area contributed by atoms with Gasteiger partial charge in [-0.1, -0.05) is 55.1 Å².